The zero-order valence-electron chi connectivity index (χ0n) is 20.7. The van der Waals surface area contributed by atoms with Crippen LogP contribution in [0.4, 0.5) is 5.25 Å². The third-order valence-corrected chi connectivity index (χ3v) is 5.10. The van der Waals surface area contributed by atoms with Gasteiger partial charge < -0.3 is 0 Å². The quantitative estimate of drug-likeness (QED) is 0.179. The molecule has 0 fully saturated rings. The number of hydrogen-bond acceptors (Lipinski definition) is 0. The molecule has 0 aliphatic rings. The van der Waals surface area contributed by atoms with Crippen LogP contribution in [0.15, 0.2) is 60.7 Å². The van der Waals surface area contributed by atoms with Gasteiger partial charge in [0.1, 0.15) is 0 Å². The fraction of sp³-hybridized carbons (Fsp3) is 0.357. The minimum atomic E-state index is -2.77. The Morgan fingerprint density at radius 1 is 0.719 bits per heavy atom. The molecule has 0 heterocycles. The van der Waals surface area contributed by atoms with Crippen molar-refractivity contribution >= 4 is 31.1 Å². The standard InChI is InChI=1S/2C13H15.C2H6Si.2FH.Zr/c2*1-9(2)12-6-4-5-11-7-10(3)8-13(11)12;1-3-2;;;/h2*4-9H,1-3H3;1-2H3;2*1H;/q2*-1;;;;+4/p-2. The molecule has 170 valence electrons. The summed E-state index contributed by atoms with van der Waals surface area (Å²) in [5, 5.41) is 5.61. The van der Waals surface area contributed by atoms with E-state index in [1.165, 1.54) is 43.8 Å². The van der Waals surface area contributed by atoms with Crippen molar-refractivity contribution in [2.45, 2.75) is 66.5 Å². The monoisotopic (exact) mass is 528 g/mol. The van der Waals surface area contributed by atoms with E-state index in [0.29, 0.717) is 11.8 Å². The van der Waals surface area contributed by atoms with Crippen molar-refractivity contribution in [2.75, 3.05) is 0 Å². The SMILES string of the molecule is C[Si]C.Cc1cc2c(C(C)C)cccc2[cH-]1.Cc1cc2c(C(C)C)cccc2[cH-]1.[F][Zr+2][F]. The summed E-state index contributed by atoms with van der Waals surface area (Å²) in [5.41, 5.74) is 5.66. The molecule has 4 heteroatoms. The van der Waals surface area contributed by atoms with Gasteiger partial charge in [0.15, 0.2) is 0 Å². The van der Waals surface area contributed by atoms with Crippen LogP contribution < -0.4 is 0 Å². The first-order valence-corrected chi connectivity index (χ1v) is 14.9. The van der Waals surface area contributed by atoms with Crippen LogP contribution in [0.2, 0.25) is 13.1 Å². The molecular weight excluding hydrogens is 494 g/mol. The Labute approximate surface area is 209 Å². The van der Waals surface area contributed by atoms with E-state index in [1.54, 1.807) is 0 Å². The molecule has 0 bridgehead atoms. The fourth-order valence-corrected chi connectivity index (χ4v) is 3.82. The van der Waals surface area contributed by atoms with Gasteiger partial charge >= 0.3 is 29.7 Å². The van der Waals surface area contributed by atoms with E-state index in [0.717, 1.165) is 9.52 Å². The van der Waals surface area contributed by atoms with Crippen molar-refractivity contribution in [3.63, 3.8) is 0 Å². The molecule has 4 rings (SSSR count). The molecule has 0 unspecified atom stereocenters. The summed E-state index contributed by atoms with van der Waals surface area (Å²) in [6, 6.07) is 22.2. The molecule has 0 N–H and O–H groups in total. The summed E-state index contributed by atoms with van der Waals surface area (Å²) in [6.07, 6.45) is 0. The van der Waals surface area contributed by atoms with Crippen molar-refractivity contribution in [3.8, 4) is 0 Å². The number of hydrogen-bond donors (Lipinski definition) is 0. The van der Waals surface area contributed by atoms with Gasteiger partial charge in [-0.25, -0.2) is 0 Å². The maximum absolute atomic E-state index is 9.80. The van der Waals surface area contributed by atoms with Gasteiger partial charge in [0.25, 0.3) is 0 Å². The first-order valence-electron chi connectivity index (χ1n) is 11.1. The number of benzene rings is 2. The van der Waals surface area contributed by atoms with Crippen LogP contribution in [0.1, 0.15) is 61.8 Å². The average molecular weight is 530 g/mol. The van der Waals surface area contributed by atoms with Gasteiger partial charge in [-0.2, -0.15) is 12.1 Å². The zero-order chi connectivity index (χ0) is 24.3. The minimum absolute atomic E-state index is 0.616. The molecule has 0 aliphatic carbocycles. The van der Waals surface area contributed by atoms with Crippen LogP contribution in [0.3, 0.4) is 0 Å². The molecule has 0 spiro atoms. The Kier molecular flexibility index (Phi) is 13.2. The van der Waals surface area contributed by atoms with E-state index in [4.69, 9.17) is 0 Å². The number of fused-ring (bicyclic) bond motifs is 2. The van der Waals surface area contributed by atoms with E-state index >= 15 is 0 Å². The van der Waals surface area contributed by atoms with Gasteiger partial charge in [0, 0.05) is 9.52 Å². The molecule has 0 aromatic heterocycles. The second kappa shape index (κ2) is 14.7. The van der Waals surface area contributed by atoms with Crippen molar-refractivity contribution in [3.05, 3.63) is 82.9 Å². The van der Waals surface area contributed by atoms with Gasteiger partial charge in [-0.15, -0.1) is 69.1 Å². The predicted molar refractivity (Wildman–Crippen MR) is 136 cm³/mol. The zero-order valence-corrected chi connectivity index (χ0v) is 24.1. The number of aryl methyl sites for hydroxylation is 2. The third kappa shape index (κ3) is 8.52. The average Bonchev–Trinajstić information content (AvgIpc) is 3.29. The van der Waals surface area contributed by atoms with Gasteiger partial charge in [-0.05, 0) is 11.8 Å². The normalized spacial score (nSPS) is 10.1. The summed E-state index contributed by atoms with van der Waals surface area (Å²) in [4.78, 5) is 0. The van der Waals surface area contributed by atoms with E-state index in [-0.39, 0.29) is 0 Å². The van der Waals surface area contributed by atoms with Crippen molar-refractivity contribution in [1.82, 2.24) is 0 Å². The Hall–Kier alpha value is -1.38. The summed E-state index contributed by atoms with van der Waals surface area (Å²) >= 11 is -2.77. The maximum atomic E-state index is 9.80. The van der Waals surface area contributed by atoms with Crippen molar-refractivity contribution in [1.29, 1.82) is 0 Å². The number of halogens is 2. The van der Waals surface area contributed by atoms with Crippen LogP contribution in [0, 0.1) is 13.8 Å². The van der Waals surface area contributed by atoms with Crippen LogP contribution in [-0.4, -0.2) is 9.52 Å². The van der Waals surface area contributed by atoms with Gasteiger partial charge in [0.2, 0.25) is 0 Å². The molecule has 4 aromatic rings. The van der Waals surface area contributed by atoms with E-state index in [2.05, 4.69) is 115 Å². The second-order valence-electron chi connectivity index (χ2n) is 8.65. The topological polar surface area (TPSA) is 0 Å². The molecule has 4 aromatic carbocycles. The van der Waals surface area contributed by atoms with Gasteiger partial charge in [-0.3, -0.25) is 0 Å². The fourth-order valence-electron chi connectivity index (χ4n) is 3.82. The number of rotatable bonds is 2. The Bertz CT molecular complexity index is 974. The molecule has 32 heavy (non-hydrogen) atoms. The van der Waals surface area contributed by atoms with Crippen LogP contribution >= 0.6 is 0 Å². The second-order valence-corrected chi connectivity index (χ2v) is 10.00. The summed E-state index contributed by atoms with van der Waals surface area (Å²) in [6.45, 7) is 17.6. The molecule has 0 saturated heterocycles. The molecule has 0 saturated carbocycles. The third-order valence-electron chi connectivity index (χ3n) is 5.10. The summed E-state index contributed by atoms with van der Waals surface area (Å²) in [7, 11) is 1.08. The summed E-state index contributed by atoms with van der Waals surface area (Å²) in [5.74, 6) is 1.23. The molecule has 0 aliphatic heterocycles. The van der Waals surface area contributed by atoms with E-state index in [1.807, 2.05) is 0 Å². The molecule has 2 radical (unpaired) electrons. The van der Waals surface area contributed by atoms with Crippen molar-refractivity contribution in [2.24, 2.45) is 0 Å². The summed E-state index contributed by atoms with van der Waals surface area (Å²) < 4.78 is 19.6. The first-order chi connectivity index (χ1) is 15.2. The van der Waals surface area contributed by atoms with E-state index < -0.39 is 24.5 Å². The van der Waals surface area contributed by atoms with E-state index in [9.17, 15) is 5.25 Å². The van der Waals surface area contributed by atoms with Gasteiger partial charge in [0.05, 0.1) is 0 Å². The van der Waals surface area contributed by atoms with Crippen LogP contribution in [-0.2, 0) is 24.5 Å². The Balaban J connectivity index is 0.000000258. The molecule has 0 amide bonds. The molecule has 0 atom stereocenters. The Morgan fingerprint density at radius 2 is 1.03 bits per heavy atom. The molecule has 0 nitrogen and oxygen atoms in total. The van der Waals surface area contributed by atoms with Crippen LogP contribution in [0.5, 0.6) is 0 Å². The van der Waals surface area contributed by atoms with Gasteiger partial charge in [-0.1, -0.05) is 77.9 Å². The predicted octanol–water partition coefficient (Wildman–Crippen LogP) is 9.61. The Morgan fingerprint density at radius 3 is 1.31 bits per heavy atom. The van der Waals surface area contributed by atoms with Crippen molar-refractivity contribution < 1.29 is 29.7 Å². The van der Waals surface area contributed by atoms with Crippen LogP contribution in [0.25, 0.3) is 21.5 Å². The molecular formula is C28H36F2SiZr. The first kappa shape index (κ1) is 28.7.